The average Bonchev–Trinajstić information content (AvgIpc) is 2.68. The average molecular weight is 399 g/mol. The zero-order valence-corrected chi connectivity index (χ0v) is 16.3. The number of rotatable bonds is 7. The number of fused-ring (bicyclic) bond motifs is 1. The number of anilines is 1. The van der Waals surface area contributed by atoms with E-state index in [0.29, 0.717) is 12.3 Å². The molecular formula is C20H23N4O5+. The molecule has 0 aromatic heterocycles. The molecule has 2 aromatic rings. The van der Waals surface area contributed by atoms with Crippen LogP contribution in [-0.4, -0.2) is 44.0 Å². The van der Waals surface area contributed by atoms with Gasteiger partial charge in [-0.2, -0.15) is 0 Å². The third-order valence-electron chi connectivity index (χ3n) is 4.47. The molecule has 9 heteroatoms. The van der Waals surface area contributed by atoms with Crippen molar-refractivity contribution in [1.82, 2.24) is 5.32 Å². The zero-order chi connectivity index (χ0) is 21.0. The number of benzene rings is 2. The van der Waals surface area contributed by atoms with Crippen LogP contribution in [0.3, 0.4) is 0 Å². The normalized spacial score (nSPS) is 13.1. The first-order valence-corrected chi connectivity index (χ1v) is 9.18. The van der Waals surface area contributed by atoms with E-state index in [1.54, 1.807) is 0 Å². The summed E-state index contributed by atoms with van der Waals surface area (Å²) in [4.78, 5) is 37.6. The quantitative estimate of drug-likeness (QED) is 0.514. The highest BCUT2D eigenvalue weighted by Crippen LogP contribution is 2.35. The maximum Gasteiger partial charge on any atom is 0.271 e. The molecule has 1 aliphatic rings. The van der Waals surface area contributed by atoms with Crippen LogP contribution in [0.5, 0.6) is 5.75 Å². The number of ether oxygens (including phenoxy) is 1. The monoisotopic (exact) mass is 399 g/mol. The van der Waals surface area contributed by atoms with Crippen molar-refractivity contribution in [2.45, 2.75) is 13.1 Å². The molecule has 3 rings (SSSR count). The summed E-state index contributed by atoms with van der Waals surface area (Å²) >= 11 is 0. The minimum atomic E-state index is -0.556. The van der Waals surface area contributed by atoms with E-state index >= 15 is 0 Å². The Balaban J connectivity index is 1.64. The van der Waals surface area contributed by atoms with E-state index in [0.717, 1.165) is 12.1 Å². The van der Waals surface area contributed by atoms with Gasteiger partial charge in [-0.15, -0.1) is 0 Å². The van der Waals surface area contributed by atoms with Gasteiger partial charge in [-0.1, -0.05) is 24.3 Å². The van der Waals surface area contributed by atoms with Crippen LogP contribution in [-0.2, 0) is 22.7 Å². The van der Waals surface area contributed by atoms with Crippen LogP contribution in [0.15, 0.2) is 42.5 Å². The number of hydrogen-bond donors (Lipinski definition) is 2. The summed E-state index contributed by atoms with van der Waals surface area (Å²) in [6.07, 6.45) is 0. The van der Waals surface area contributed by atoms with Gasteiger partial charge in [0, 0.05) is 24.2 Å². The first-order chi connectivity index (χ1) is 13.8. The van der Waals surface area contributed by atoms with Gasteiger partial charge in [0.25, 0.3) is 11.6 Å². The van der Waals surface area contributed by atoms with Crippen molar-refractivity contribution >= 4 is 23.2 Å². The summed E-state index contributed by atoms with van der Waals surface area (Å²) < 4.78 is 5.30. The maximum atomic E-state index is 12.4. The SMILES string of the molecule is C[NH+](C)Cc1ccc(CNC(=O)CN2C(=O)COc3ccc([N+](=O)[O-])cc32)cc1. The molecule has 0 atom stereocenters. The molecule has 0 saturated heterocycles. The number of nitrogens with zero attached hydrogens (tertiary/aromatic N) is 2. The van der Waals surface area contributed by atoms with Gasteiger partial charge >= 0.3 is 0 Å². The van der Waals surface area contributed by atoms with E-state index < -0.39 is 10.8 Å². The number of hydrogen-bond acceptors (Lipinski definition) is 5. The molecule has 29 heavy (non-hydrogen) atoms. The van der Waals surface area contributed by atoms with Gasteiger partial charge in [0.1, 0.15) is 18.8 Å². The predicted octanol–water partition coefficient (Wildman–Crippen LogP) is 0.281. The van der Waals surface area contributed by atoms with Crippen molar-refractivity contribution in [3.05, 3.63) is 63.7 Å². The van der Waals surface area contributed by atoms with Crippen molar-refractivity contribution in [2.75, 3.05) is 32.1 Å². The van der Waals surface area contributed by atoms with Crippen LogP contribution >= 0.6 is 0 Å². The fourth-order valence-electron chi connectivity index (χ4n) is 3.06. The van der Waals surface area contributed by atoms with Crippen molar-refractivity contribution in [2.24, 2.45) is 0 Å². The van der Waals surface area contributed by atoms with E-state index in [2.05, 4.69) is 19.4 Å². The first kappa shape index (κ1) is 20.3. The van der Waals surface area contributed by atoms with E-state index in [1.807, 2.05) is 24.3 Å². The number of nitro groups is 1. The van der Waals surface area contributed by atoms with Gasteiger partial charge in [-0.25, -0.2) is 0 Å². The van der Waals surface area contributed by atoms with E-state index in [1.165, 1.54) is 33.6 Å². The maximum absolute atomic E-state index is 12.4. The number of nitrogens with one attached hydrogen (secondary N) is 2. The zero-order valence-electron chi connectivity index (χ0n) is 16.3. The molecular weight excluding hydrogens is 376 g/mol. The lowest BCUT2D eigenvalue weighted by Gasteiger charge is -2.28. The van der Waals surface area contributed by atoms with Gasteiger partial charge < -0.3 is 15.0 Å². The molecule has 0 fully saturated rings. The van der Waals surface area contributed by atoms with Crippen LogP contribution in [0, 0.1) is 10.1 Å². The van der Waals surface area contributed by atoms with Gasteiger partial charge in [0.05, 0.1) is 24.7 Å². The van der Waals surface area contributed by atoms with Crippen molar-refractivity contribution in [1.29, 1.82) is 0 Å². The second-order valence-corrected chi connectivity index (χ2v) is 7.15. The molecule has 152 valence electrons. The lowest BCUT2D eigenvalue weighted by Crippen LogP contribution is -3.04. The molecule has 9 nitrogen and oxygen atoms in total. The van der Waals surface area contributed by atoms with Crippen molar-refractivity contribution in [3.8, 4) is 5.75 Å². The molecule has 0 bridgehead atoms. The Morgan fingerprint density at radius 3 is 2.55 bits per heavy atom. The topological polar surface area (TPSA) is 106 Å². The summed E-state index contributed by atoms with van der Waals surface area (Å²) in [5.41, 5.74) is 2.20. The summed E-state index contributed by atoms with van der Waals surface area (Å²) in [5.74, 6) is -0.454. The molecule has 0 spiro atoms. The molecule has 1 aliphatic heterocycles. The summed E-state index contributed by atoms with van der Waals surface area (Å²) in [5, 5.41) is 13.8. The molecule has 2 aromatic carbocycles. The lowest BCUT2D eigenvalue weighted by atomic mass is 10.1. The number of non-ortho nitro benzene ring substituents is 1. The minimum Gasteiger partial charge on any atom is -0.482 e. The second-order valence-electron chi connectivity index (χ2n) is 7.15. The molecule has 0 saturated carbocycles. The Morgan fingerprint density at radius 1 is 1.21 bits per heavy atom. The Kier molecular flexibility index (Phi) is 6.08. The van der Waals surface area contributed by atoms with E-state index in [-0.39, 0.29) is 30.4 Å². The predicted molar refractivity (Wildman–Crippen MR) is 106 cm³/mol. The summed E-state index contributed by atoms with van der Waals surface area (Å²) in [7, 11) is 4.15. The molecule has 1 heterocycles. The van der Waals surface area contributed by atoms with Crippen LogP contribution in [0.2, 0.25) is 0 Å². The van der Waals surface area contributed by atoms with Crippen LogP contribution < -0.4 is 19.9 Å². The fraction of sp³-hybridized carbons (Fsp3) is 0.300. The van der Waals surface area contributed by atoms with E-state index in [4.69, 9.17) is 4.74 Å². The Bertz CT molecular complexity index is 927. The van der Waals surface area contributed by atoms with Crippen LogP contribution in [0.4, 0.5) is 11.4 Å². The molecule has 2 N–H and O–H groups in total. The van der Waals surface area contributed by atoms with Crippen molar-refractivity contribution < 1.29 is 24.1 Å². The van der Waals surface area contributed by atoms with Crippen molar-refractivity contribution in [3.63, 3.8) is 0 Å². The van der Waals surface area contributed by atoms with E-state index in [9.17, 15) is 19.7 Å². The standard InChI is InChI=1S/C20H22N4O5/c1-22(2)11-15-5-3-14(4-6-15)10-21-19(25)12-23-17-9-16(24(27)28)7-8-18(17)29-13-20(23)26/h3-9H,10-13H2,1-2H3,(H,21,25)/p+1. The number of quaternary nitrogens is 1. The number of carbonyl (C=O) groups is 2. The van der Waals surface area contributed by atoms with Gasteiger partial charge in [-0.3, -0.25) is 24.6 Å². The highest BCUT2D eigenvalue weighted by atomic mass is 16.6. The summed E-state index contributed by atoms with van der Waals surface area (Å²) in [6.45, 7) is 0.789. The number of carbonyl (C=O) groups excluding carboxylic acids is 2. The molecule has 2 amide bonds. The molecule has 0 unspecified atom stereocenters. The fourth-order valence-corrected chi connectivity index (χ4v) is 3.06. The third kappa shape index (κ3) is 5.08. The highest BCUT2D eigenvalue weighted by molar-refractivity contribution is 6.02. The highest BCUT2D eigenvalue weighted by Gasteiger charge is 2.29. The van der Waals surface area contributed by atoms with Gasteiger partial charge in [0.2, 0.25) is 5.91 Å². The van der Waals surface area contributed by atoms with Crippen LogP contribution in [0.1, 0.15) is 11.1 Å². The minimum absolute atomic E-state index is 0.174. The molecule has 0 radical (unpaired) electrons. The third-order valence-corrected chi connectivity index (χ3v) is 4.47. The first-order valence-electron chi connectivity index (χ1n) is 9.18. The lowest BCUT2D eigenvalue weighted by molar-refractivity contribution is -0.872. The largest absolute Gasteiger partial charge is 0.482 e. The Morgan fingerprint density at radius 2 is 1.90 bits per heavy atom. The Hall–Kier alpha value is -3.46. The Labute approximate surface area is 168 Å². The van der Waals surface area contributed by atoms with Gasteiger partial charge in [-0.05, 0) is 11.6 Å². The van der Waals surface area contributed by atoms with Crippen LogP contribution in [0.25, 0.3) is 0 Å². The second kappa shape index (κ2) is 8.70. The number of amides is 2. The van der Waals surface area contributed by atoms with Gasteiger partial charge in [0.15, 0.2) is 6.61 Å². The number of nitro benzene ring substituents is 1. The smallest absolute Gasteiger partial charge is 0.271 e. The summed E-state index contributed by atoms with van der Waals surface area (Å²) in [6, 6.07) is 11.9. The molecule has 0 aliphatic carbocycles.